The van der Waals surface area contributed by atoms with Crippen LogP contribution in [-0.4, -0.2) is 24.8 Å². The normalized spacial score (nSPS) is 11.5. The van der Waals surface area contributed by atoms with E-state index in [2.05, 4.69) is 5.32 Å². The number of nitrogens with one attached hydrogen (secondary N) is 1. The van der Waals surface area contributed by atoms with Crippen LogP contribution < -0.4 is 11.1 Å². The predicted octanol–water partition coefficient (Wildman–Crippen LogP) is 5.15. The number of hydrogen-bond donors (Lipinski definition) is 2. The fraction of sp³-hybridized carbons (Fsp3) is 0.947. The first-order chi connectivity index (χ1) is 11.0. The standard InChI is InChI=1S/C19H40N2O2/c1-19(2,3)23-18(22)21-17-15-13-11-9-7-5-4-6-8-10-12-14-16-20/h4-17,20H2,1-3H3,(H,21,22). The Morgan fingerprint density at radius 1 is 0.783 bits per heavy atom. The van der Waals surface area contributed by atoms with Crippen molar-refractivity contribution < 1.29 is 9.53 Å². The number of rotatable bonds is 14. The van der Waals surface area contributed by atoms with Crippen molar-refractivity contribution in [2.45, 2.75) is 103 Å². The predicted molar refractivity (Wildman–Crippen MR) is 98.7 cm³/mol. The molecule has 0 heterocycles. The minimum Gasteiger partial charge on any atom is -0.444 e. The summed E-state index contributed by atoms with van der Waals surface area (Å²) >= 11 is 0. The number of unbranched alkanes of at least 4 members (excludes halogenated alkanes) is 11. The summed E-state index contributed by atoms with van der Waals surface area (Å²) in [5.41, 5.74) is 5.07. The number of ether oxygens (including phenoxy) is 1. The van der Waals surface area contributed by atoms with Crippen LogP contribution in [0, 0.1) is 0 Å². The van der Waals surface area contributed by atoms with E-state index in [4.69, 9.17) is 10.5 Å². The molecule has 4 nitrogen and oxygen atoms in total. The SMILES string of the molecule is CC(C)(C)OC(=O)NCCCCCCCCCCCCCCN. The third-order valence-corrected chi connectivity index (χ3v) is 3.80. The number of hydrogen-bond acceptors (Lipinski definition) is 3. The maximum atomic E-state index is 11.4. The smallest absolute Gasteiger partial charge is 0.407 e. The van der Waals surface area contributed by atoms with E-state index < -0.39 is 5.60 Å². The van der Waals surface area contributed by atoms with Crippen LogP contribution in [0.5, 0.6) is 0 Å². The molecule has 0 saturated heterocycles. The van der Waals surface area contributed by atoms with Crippen molar-refractivity contribution in [1.82, 2.24) is 5.32 Å². The Kier molecular flexibility index (Phi) is 14.3. The van der Waals surface area contributed by atoms with Crippen LogP contribution in [0.3, 0.4) is 0 Å². The Morgan fingerprint density at radius 3 is 1.57 bits per heavy atom. The molecule has 0 saturated carbocycles. The summed E-state index contributed by atoms with van der Waals surface area (Å²) in [4.78, 5) is 11.4. The van der Waals surface area contributed by atoms with Crippen molar-refractivity contribution in [2.24, 2.45) is 5.73 Å². The Bertz CT molecular complexity index is 275. The zero-order valence-electron chi connectivity index (χ0n) is 15.8. The van der Waals surface area contributed by atoms with Gasteiger partial charge in [-0.15, -0.1) is 0 Å². The van der Waals surface area contributed by atoms with Gasteiger partial charge >= 0.3 is 6.09 Å². The summed E-state index contributed by atoms with van der Waals surface area (Å²) in [5, 5.41) is 2.81. The second-order valence-corrected chi connectivity index (χ2v) is 7.46. The van der Waals surface area contributed by atoms with Crippen LogP contribution in [0.4, 0.5) is 4.79 Å². The molecule has 0 aromatic carbocycles. The summed E-state index contributed by atoms with van der Waals surface area (Å²) in [6.07, 6.45) is 15.2. The van der Waals surface area contributed by atoms with Crippen molar-refractivity contribution in [3.63, 3.8) is 0 Å². The molecular weight excluding hydrogens is 288 g/mol. The van der Waals surface area contributed by atoms with Gasteiger partial charge in [0.1, 0.15) is 5.60 Å². The summed E-state index contributed by atoms with van der Waals surface area (Å²) < 4.78 is 5.19. The molecule has 0 rings (SSSR count). The van der Waals surface area contributed by atoms with Crippen LogP contribution in [0.2, 0.25) is 0 Å². The number of amides is 1. The molecule has 3 N–H and O–H groups in total. The number of alkyl carbamates (subject to hydrolysis) is 1. The van der Waals surface area contributed by atoms with E-state index in [0.717, 1.165) is 19.5 Å². The summed E-state index contributed by atoms with van der Waals surface area (Å²) in [6.45, 7) is 7.21. The van der Waals surface area contributed by atoms with Gasteiger partial charge < -0.3 is 15.8 Å². The van der Waals surface area contributed by atoms with E-state index >= 15 is 0 Å². The van der Waals surface area contributed by atoms with Gasteiger partial charge in [0.15, 0.2) is 0 Å². The lowest BCUT2D eigenvalue weighted by Crippen LogP contribution is -2.32. The second-order valence-electron chi connectivity index (χ2n) is 7.46. The van der Waals surface area contributed by atoms with E-state index in [1.165, 1.54) is 70.6 Å². The molecule has 0 aliphatic carbocycles. The highest BCUT2D eigenvalue weighted by molar-refractivity contribution is 5.67. The molecule has 0 atom stereocenters. The van der Waals surface area contributed by atoms with E-state index in [9.17, 15) is 4.79 Å². The number of carbonyl (C=O) groups excluding carboxylic acids is 1. The lowest BCUT2D eigenvalue weighted by atomic mass is 10.1. The molecule has 0 aliphatic rings. The monoisotopic (exact) mass is 328 g/mol. The van der Waals surface area contributed by atoms with Crippen molar-refractivity contribution in [3.8, 4) is 0 Å². The van der Waals surface area contributed by atoms with E-state index in [0.29, 0.717) is 0 Å². The van der Waals surface area contributed by atoms with Gasteiger partial charge in [-0.3, -0.25) is 0 Å². The molecule has 4 heteroatoms. The molecule has 0 aromatic rings. The van der Waals surface area contributed by atoms with Crippen molar-refractivity contribution in [2.75, 3.05) is 13.1 Å². The number of carbonyl (C=O) groups is 1. The third kappa shape index (κ3) is 19.2. The molecule has 0 aliphatic heterocycles. The molecule has 0 aromatic heterocycles. The maximum absolute atomic E-state index is 11.4. The first-order valence-electron chi connectivity index (χ1n) is 9.62. The van der Waals surface area contributed by atoms with Crippen LogP contribution in [0.1, 0.15) is 97.8 Å². The lowest BCUT2D eigenvalue weighted by Gasteiger charge is -2.19. The van der Waals surface area contributed by atoms with Crippen LogP contribution >= 0.6 is 0 Å². The molecule has 0 fully saturated rings. The highest BCUT2D eigenvalue weighted by Gasteiger charge is 2.15. The van der Waals surface area contributed by atoms with E-state index in [1.807, 2.05) is 20.8 Å². The van der Waals surface area contributed by atoms with Crippen LogP contribution in [-0.2, 0) is 4.74 Å². The fourth-order valence-corrected chi connectivity index (χ4v) is 2.54. The lowest BCUT2D eigenvalue weighted by molar-refractivity contribution is 0.0527. The van der Waals surface area contributed by atoms with Crippen molar-refractivity contribution in [3.05, 3.63) is 0 Å². The van der Waals surface area contributed by atoms with Gasteiger partial charge in [-0.25, -0.2) is 4.79 Å². The summed E-state index contributed by atoms with van der Waals surface area (Å²) in [7, 11) is 0. The summed E-state index contributed by atoms with van der Waals surface area (Å²) in [5.74, 6) is 0. The molecule has 0 spiro atoms. The third-order valence-electron chi connectivity index (χ3n) is 3.80. The molecular formula is C19H40N2O2. The second kappa shape index (κ2) is 14.8. The van der Waals surface area contributed by atoms with Gasteiger partial charge in [0, 0.05) is 6.54 Å². The van der Waals surface area contributed by atoms with Gasteiger partial charge in [-0.1, -0.05) is 64.2 Å². The first kappa shape index (κ1) is 22.2. The zero-order chi connectivity index (χ0) is 17.4. The highest BCUT2D eigenvalue weighted by Crippen LogP contribution is 2.12. The van der Waals surface area contributed by atoms with Crippen molar-refractivity contribution in [1.29, 1.82) is 0 Å². The molecule has 23 heavy (non-hydrogen) atoms. The minimum absolute atomic E-state index is 0.302. The molecule has 0 unspecified atom stereocenters. The zero-order valence-corrected chi connectivity index (χ0v) is 15.8. The largest absolute Gasteiger partial charge is 0.444 e. The van der Waals surface area contributed by atoms with Gasteiger partial charge in [0.25, 0.3) is 0 Å². The molecule has 0 radical (unpaired) electrons. The first-order valence-corrected chi connectivity index (χ1v) is 9.62. The Labute approximate surface area is 143 Å². The molecule has 138 valence electrons. The molecule has 0 bridgehead atoms. The average Bonchev–Trinajstić information content (AvgIpc) is 2.46. The van der Waals surface area contributed by atoms with Gasteiger partial charge in [0.05, 0.1) is 0 Å². The highest BCUT2D eigenvalue weighted by atomic mass is 16.6. The average molecular weight is 329 g/mol. The molecule has 1 amide bonds. The minimum atomic E-state index is -0.408. The van der Waals surface area contributed by atoms with Gasteiger partial charge in [-0.05, 0) is 40.2 Å². The Morgan fingerprint density at radius 2 is 1.17 bits per heavy atom. The van der Waals surface area contributed by atoms with E-state index in [-0.39, 0.29) is 6.09 Å². The van der Waals surface area contributed by atoms with Gasteiger partial charge in [-0.2, -0.15) is 0 Å². The Hall–Kier alpha value is -0.770. The van der Waals surface area contributed by atoms with Crippen LogP contribution in [0.25, 0.3) is 0 Å². The van der Waals surface area contributed by atoms with Crippen LogP contribution in [0.15, 0.2) is 0 Å². The fourth-order valence-electron chi connectivity index (χ4n) is 2.54. The van der Waals surface area contributed by atoms with Crippen molar-refractivity contribution >= 4 is 6.09 Å². The quantitative estimate of drug-likeness (QED) is 0.433. The van der Waals surface area contributed by atoms with Gasteiger partial charge in [0.2, 0.25) is 0 Å². The number of nitrogens with two attached hydrogens (primary N) is 1. The Balaban J connectivity index is 3.15. The maximum Gasteiger partial charge on any atom is 0.407 e. The van der Waals surface area contributed by atoms with E-state index in [1.54, 1.807) is 0 Å². The topological polar surface area (TPSA) is 64.3 Å². The summed E-state index contributed by atoms with van der Waals surface area (Å²) in [6, 6.07) is 0.